The van der Waals surface area contributed by atoms with Gasteiger partial charge in [0.2, 0.25) is 0 Å². The molecule has 0 fully saturated rings. The van der Waals surface area contributed by atoms with Gasteiger partial charge < -0.3 is 0 Å². The normalized spacial score (nSPS) is 13.4. The van der Waals surface area contributed by atoms with Crippen molar-refractivity contribution < 1.29 is 0 Å². The molecule has 46 valence electrons. The van der Waals surface area contributed by atoms with Crippen LogP contribution < -0.4 is 0 Å². The van der Waals surface area contributed by atoms with Crippen molar-refractivity contribution in [2.45, 2.75) is 9.55 Å². The average molecular weight is 190 g/mol. The molecule has 1 atom stereocenters. The molecule has 0 amide bonds. The maximum absolute atomic E-state index is 8.00. The van der Waals surface area contributed by atoms with Crippen molar-refractivity contribution in [3.63, 3.8) is 0 Å². The van der Waals surface area contributed by atoms with Gasteiger partial charge >= 0.3 is 0 Å². The Morgan fingerprint density at radius 2 is 1.88 bits per heavy atom. The molecular weight excluding hydrogens is 188 g/mol. The molecule has 0 aromatic carbocycles. The lowest BCUT2D eigenvalue weighted by Gasteiger charge is -2.00. The average Bonchev–Trinajstić information content (AvgIpc) is 1.67. The molecule has 0 saturated heterocycles. The number of thiocyanates is 1. The molecule has 1 nitrogen and oxygen atoms in total. The first-order chi connectivity index (χ1) is 3.68. The fraction of sp³-hybridized carbons (Fsp3) is 0.667. The summed E-state index contributed by atoms with van der Waals surface area (Å²) < 4.78 is -0.525. The summed E-state index contributed by atoms with van der Waals surface area (Å²) in [5, 5.41) is 9.76. The van der Waals surface area contributed by atoms with Crippen LogP contribution in [0.3, 0.4) is 0 Å². The number of hydrogen-bond donors (Lipinski definition) is 0. The molecule has 0 rings (SSSR count). The van der Waals surface area contributed by atoms with Crippen LogP contribution >= 0.6 is 46.6 Å². The fourth-order valence-corrected chi connectivity index (χ4v) is 0.733. The van der Waals surface area contributed by atoms with Crippen molar-refractivity contribution in [2.24, 2.45) is 0 Å². The Kier molecular flexibility index (Phi) is 4.98. The second-order valence-electron chi connectivity index (χ2n) is 0.895. The molecule has 1 unspecified atom stereocenters. The second kappa shape index (κ2) is 4.58. The molecule has 0 aliphatic heterocycles. The highest BCUT2D eigenvalue weighted by Gasteiger charge is 2.12. The van der Waals surface area contributed by atoms with Crippen molar-refractivity contribution in [2.75, 3.05) is 0 Å². The summed E-state index contributed by atoms with van der Waals surface area (Å²) in [6.45, 7) is 0. The summed E-state index contributed by atoms with van der Waals surface area (Å²) in [5.74, 6) is 0. The van der Waals surface area contributed by atoms with Gasteiger partial charge in [-0.2, -0.15) is 5.26 Å². The molecule has 5 heteroatoms. The number of nitriles is 1. The largest absolute Gasteiger partial charge is 0.185 e. The van der Waals surface area contributed by atoms with Gasteiger partial charge in [0, 0.05) is 0 Å². The third-order valence-corrected chi connectivity index (χ3v) is 2.55. The predicted molar refractivity (Wildman–Crippen MR) is 38.3 cm³/mol. The first kappa shape index (κ1) is 8.71. The van der Waals surface area contributed by atoms with Crippen LogP contribution in [0.2, 0.25) is 0 Å². The Morgan fingerprint density at radius 3 is 2.00 bits per heavy atom. The van der Waals surface area contributed by atoms with Gasteiger partial charge in [0.15, 0.2) is 0 Å². The number of rotatable bonds is 2. The molecular formula is C3H2Cl3NS. The molecule has 0 N–H and O–H groups in total. The zero-order valence-electron chi connectivity index (χ0n) is 3.64. The van der Waals surface area contributed by atoms with E-state index in [2.05, 4.69) is 0 Å². The number of nitrogens with zero attached hydrogens (tertiary/aromatic N) is 1. The lowest BCUT2D eigenvalue weighted by Crippen LogP contribution is -2.00. The van der Waals surface area contributed by atoms with Gasteiger partial charge in [-0.25, -0.2) is 0 Å². The standard InChI is InChI=1S/C3H2Cl3NS/c4-2(5)3(6)8-1-7/h2-3H. The van der Waals surface area contributed by atoms with E-state index >= 15 is 0 Å². The number of hydrogen-bond acceptors (Lipinski definition) is 2. The van der Waals surface area contributed by atoms with Crippen LogP contribution in [0, 0.1) is 10.7 Å². The maximum atomic E-state index is 8.00. The summed E-state index contributed by atoms with van der Waals surface area (Å²) >= 11 is 16.8. The maximum Gasteiger partial charge on any atom is 0.134 e. The molecule has 0 aromatic heterocycles. The lowest BCUT2D eigenvalue weighted by molar-refractivity contribution is 1.31. The summed E-state index contributed by atoms with van der Waals surface area (Å²) in [6, 6.07) is 0. The van der Waals surface area contributed by atoms with E-state index in [-0.39, 0.29) is 0 Å². The van der Waals surface area contributed by atoms with Crippen LogP contribution in [-0.2, 0) is 0 Å². The topological polar surface area (TPSA) is 23.8 Å². The molecule has 0 aliphatic rings. The molecule has 0 aromatic rings. The molecule has 0 saturated carbocycles. The van der Waals surface area contributed by atoms with E-state index in [4.69, 9.17) is 40.1 Å². The van der Waals surface area contributed by atoms with Crippen molar-refractivity contribution in [3.05, 3.63) is 0 Å². The zero-order chi connectivity index (χ0) is 6.57. The van der Waals surface area contributed by atoms with Crippen LogP contribution in [0.25, 0.3) is 0 Å². The van der Waals surface area contributed by atoms with Crippen LogP contribution in [0.15, 0.2) is 0 Å². The molecule has 0 heterocycles. The highest BCUT2D eigenvalue weighted by Crippen LogP contribution is 2.23. The summed E-state index contributed by atoms with van der Waals surface area (Å²) in [5.41, 5.74) is 0. The monoisotopic (exact) mass is 189 g/mol. The van der Waals surface area contributed by atoms with E-state index in [1.54, 1.807) is 5.40 Å². The molecule has 8 heavy (non-hydrogen) atoms. The van der Waals surface area contributed by atoms with Gasteiger partial charge in [-0.05, 0) is 11.8 Å². The zero-order valence-corrected chi connectivity index (χ0v) is 6.73. The Hall–Kier alpha value is 0.710. The van der Waals surface area contributed by atoms with Gasteiger partial charge in [0.05, 0.1) is 0 Å². The fourth-order valence-electron chi connectivity index (χ4n) is 0.102. The lowest BCUT2D eigenvalue weighted by atomic mass is 10.9. The minimum Gasteiger partial charge on any atom is -0.185 e. The van der Waals surface area contributed by atoms with Gasteiger partial charge in [-0.1, -0.05) is 0 Å². The first-order valence-electron chi connectivity index (χ1n) is 1.65. The Morgan fingerprint density at radius 1 is 1.38 bits per heavy atom. The van der Waals surface area contributed by atoms with E-state index in [0.717, 1.165) is 11.8 Å². The van der Waals surface area contributed by atoms with Gasteiger partial charge in [-0.15, -0.1) is 34.8 Å². The number of halogens is 3. The van der Waals surface area contributed by atoms with E-state index in [1.165, 1.54) is 0 Å². The van der Waals surface area contributed by atoms with Gasteiger partial charge in [-0.3, -0.25) is 0 Å². The van der Waals surface area contributed by atoms with Gasteiger partial charge in [0.1, 0.15) is 14.9 Å². The van der Waals surface area contributed by atoms with Crippen LogP contribution in [0.4, 0.5) is 0 Å². The summed E-state index contributed by atoms with van der Waals surface area (Å²) in [4.78, 5) is -0.679. The predicted octanol–water partition coefficient (Wildman–Crippen LogP) is 2.57. The smallest absolute Gasteiger partial charge is 0.134 e. The summed E-state index contributed by atoms with van der Waals surface area (Å²) in [6.07, 6.45) is 0. The van der Waals surface area contributed by atoms with Crippen molar-refractivity contribution >= 4 is 46.6 Å². The highest BCUT2D eigenvalue weighted by molar-refractivity contribution is 8.05. The Balaban J connectivity index is 3.35. The number of alkyl halides is 3. The van der Waals surface area contributed by atoms with Crippen molar-refractivity contribution in [3.8, 4) is 5.40 Å². The van der Waals surface area contributed by atoms with Crippen molar-refractivity contribution in [1.29, 1.82) is 5.26 Å². The Labute approximate surface area is 66.9 Å². The van der Waals surface area contributed by atoms with Crippen LogP contribution in [0.5, 0.6) is 0 Å². The van der Waals surface area contributed by atoms with Crippen LogP contribution in [0.1, 0.15) is 0 Å². The SMILES string of the molecule is N#CSC(Cl)C(Cl)Cl. The third-order valence-electron chi connectivity index (χ3n) is 0.363. The van der Waals surface area contributed by atoms with E-state index in [1.807, 2.05) is 0 Å². The molecule has 0 bridgehead atoms. The van der Waals surface area contributed by atoms with E-state index in [9.17, 15) is 0 Å². The van der Waals surface area contributed by atoms with E-state index < -0.39 is 9.55 Å². The second-order valence-corrected chi connectivity index (χ2v) is 3.71. The minimum absolute atomic E-state index is 0.525. The Bertz CT molecular complexity index is 99.2. The molecule has 0 spiro atoms. The minimum atomic E-state index is -0.679. The highest BCUT2D eigenvalue weighted by atomic mass is 35.5. The van der Waals surface area contributed by atoms with Crippen molar-refractivity contribution in [1.82, 2.24) is 0 Å². The number of thioether (sulfide) groups is 1. The quantitative estimate of drug-likeness (QED) is 0.494. The van der Waals surface area contributed by atoms with Gasteiger partial charge in [0.25, 0.3) is 0 Å². The first-order valence-corrected chi connectivity index (χ1v) is 3.84. The van der Waals surface area contributed by atoms with E-state index in [0.29, 0.717) is 0 Å². The van der Waals surface area contributed by atoms with Crippen LogP contribution in [-0.4, -0.2) is 9.55 Å². The molecule has 0 radical (unpaired) electrons. The third kappa shape index (κ3) is 3.68. The summed E-state index contributed by atoms with van der Waals surface area (Å²) in [7, 11) is 0. The molecule has 0 aliphatic carbocycles.